The summed E-state index contributed by atoms with van der Waals surface area (Å²) in [5, 5.41) is 3.09. The fraction of sp³-hybridized carbons (Fsp3) is 0.0952. The molecule has 0 heterocycles. The van der Waals surface area contributed by atoms with Crippen LogP contribution in [0.5, 0.6) is 5.75 Å². The molecule has 0 radical (unpaired) electrons. The second-order valence-corrected chi connectivity index (χ2v) is 8.64. The number of anilines is 2. The van der Waals surface area contributed by atoms with Crippen LogP contribution in [-0.4, -0.2) is 20.9 Å². The lowest BCUT2D eigenvalue weighted by Gasteiger charge is -2.12. The maximum atomic E-state index is 12.8. The summed E-state index contributed by atoms with van der Waals surface area (Å²) in [5.74, 6) is 0.0525. The fourth-order valence-electron chi connectivity index (χ4n) is 2.60. The Balaban J connectivity index is 1.84. The summed E-state index contributed by atoms with van der Waals surface area (Å²) in [6, 6.07) is 17.1. The highest BCUT2D eigenvalue weighted by Crippen LogP contribution is 2.26. The van der Waals surface area contributed by atoms with E-state index in [1.165, 1.54) is 18.2 Å². The van der Waals surface area contributed by atoms with E-state index in [4.69, 9.17) is 27.9 Å². The molecule has 2 N–H and O–H groups in total. The van der Waals surface area contributed by atoms with Gasteiger partial charge in [-0.15, -0.1) is 0 Å². The number of sulfonamides is 1. The van der Waals surface area contributed by atoms with Gasteiger partial charge in [0.2, 0.25) is 0 Å². The molecule has 1 amide bonds. The Kier molecular flexibility index (Phi) is 6.87. The van der Waals surface area contributed by atoms with E-state index in [0.717, 1.165) is 0 Å². The van der Waals surface area contributed by atoms with E-state index in [1.54, 1.807) is 48.5 Å². The van der Waals surface area contributed by atoms with Crippen molar-refractivity contribution in [3.8, 4) is 5.75 Å². The molecular weight excluding hydrogens is 447 g/mol. The SMILES string of the molecule is CCOc1ccc(NS(=O)(=O)c2ccc(Cl)c(C(=O)Nc3ccccc3Cl)c2)cc1. The van der Waals surface area contributed by atoms with Crippen LogP contribution >= 0.6 is 23.2 Å². The molecule has 3 aromatic rings. The lowest BCUT2D eigenvalue weighted by atomic mass is 10.2. The van der Waals surface area contributed by atoms with Crippen molar-refractivity contribution in [3.63, 3.8) is 0 Å². The van der Waals surface area contributed by atoms with E-state index in [9.17, 15) is 13.2 Å². The van der Waals surface area contributed by atoms with E-state index in [2.05, 4.69) is 10.0 Å². The van der Waals surface area contributed by atoms with Crippen LogP contribution in [0.1, 0.15) is 17.3 Å². The Morgan fingerprint density at radius 3 is 2.33 bits per heavy atom. The Bertz CT molecular complexity index is 1170. The van der Waals surface area contributed by atoms with Crippen molar-refractivity contribution in [3.05, 3.63) is 82.3 Å². The first-order valence-corrected chi connectivity index (χ1v) is 11.1. The topological polar surface area (TPSA) is 84.5 Å². The molecule has 3 aromatic carbocycles. The quantitative estimate of drug-likeness (QED) is 0.486. The van der Waals surface area contributed by atoms with Crippen LogP contribution < -0.4 is 14.8 Å². The summed E-state index contributed by atoms with van der Waals surface area (Å²) in [4.78, 5) is 12.5. The number of hydrogen-bond donors (Lipinski definition) is 2. The van der Waals surface area contributed by atoms with E-state index in [-0.39, 0.29) is 15.5 Å². The highest BCUT2D eigenvalue weighted by atomic mass is 35.5. The minimum Gasteiger partial charge on any atom is -0.494 e. The summed E-state index contributed by atoms with van der Waals surface area (Å²) < 4.78 is 33.4. The Morgan fingerprint density at radius 1 is 0.967 bits per heavy atom. The van der Waals surface area contributed by atoms with Crippen LogP contribution in [0.4, 0.5) is 11.4 Å². The lowest BCUT2D eigenvalue weighted by Crippen LogP contribution is -2.16. The van der Waals surface area contributed by atoms with Gasteiger partial charge in [-0.25, -0.2) is 8.42 Å². The predicted octanol–water partition coefficient (Wildman–Crippen LogP) is 5.45. The van der Waals surface area contributed by atoms with Crippen LogP contribution in [0, 0.1) is 0 Å². The van der Waals surface area contributed by atoms with Crippen molar-refractivity contribution >= 4 is 50.5 Å². The van der Waals surface area contributed by atoms with Crippen molar-refractivity contribution in [2.24, 2.45) is 0 Å². The molecule has 0 atom stereocenters. The van der Waals surface area contributed by atoms with Gasteiger partial charge in [-0.1, -0.05) is 35.3 Å². The van der Waals surface area contributed by atoms with Crippen molar-refractivity contribution in [2.45, 2.75) is 11.8 Å². The monoisotopic (exact) mass is 464 g/mol. The number of carbonyl (C=O) groups is 1. The lowest BCUT2D eigenvalue weighted by molar-refractivity contribution is 0.102. The zero-order chi connectivity index (χ0) is 21.7. The molecule has 3 rings (SSSR count). The van der Waals surface area contributed by atoms with Gasteiger partial charge in [0, 0.05) is 5.69 Å². The van der Waals surface area contributed by atoms with E-state index in [0.29, 0.717) is 28.8 Å². The number of benzene rings is 3. The number of ether oxygens (including phenoxy) is 1. The van der Waals surface area contributed by atoms with Crippen molar-refractivity contribution in [1.82, 2.24) is 0 Å². The van der Waals surface area contributed by atoms with Crippen LogP contribution in [-0.2, 0) is 10.0 Å². The van der Waals surface area contributed by atoms with Crippen molar-refractivity contribution in [1.29, 1.82) is 0 Å². The van der Waals surface area contributed by atoms with Crippen molar-refractivity contribution < 1.29 is 17.9 Å². The summed E-state index contributed by atoms with van der Waals surface area (Å²) in [6.07, 6.45) is 0. The Hall–Kier alpha value is -2.74. The largest absolute Gasteiger partial charge is 0.494 e. The van der Waals surface area contributed by atoms with E-state index in [1.807, 2.05) is 6.92 Å². The molecule has 0 spiro atoms. The van der Waals surface area contributed by atoms with Gasteiger partial charge in [0.25, 0.3) is 15.9 Å². The molecule has 0 saturated heterocycles. The number of rotatable bonds is 7. The first kappa shape index (κ1) is 22.0. The fourth-order valence-corrected chi connectivity index (χ4v) is 4.07. The Morgan fingerprint density at radius 2 is 1.67 bits per heavy atom. The van der Waals surface area contributed by atoms with E-state index >= 15 is 0 Å². The standard InChI is InChI=1S/C21H18Cl2N2O4S/c1-2-29-15-9-7-14(8-10-15)25-30(27,28)16-11-12-18(22)17(13-16)21(26)24-20-6-4-3-5-19(20)23/h3-13,25H,2H2,1H3,(H,24,26). The van der Waals surface area contributed by atoms with Crippen LogP contribution in [0.3, 0.4) is 0 Å². The highest BCUT2D eigenvalue weighted by molar-refractivity contribution is 7.92. The van der Waals surface area contributed by atoms with Crippen LogP contribution in [0.2, 0.25) is 10.0 Å². The van der Waals surface area contributed by atoms with E-state index < -0.39 is 15.9 Å². The average molecular weight is 465 g/mol. The molecule has 0 saturated carbocycles. The van der Waals surface area contributed by atoms with Gasteiger partial charge in [0.15, 0.2) is 0 Å². The average Bonchev–Trinajstić information content (AvgIpc) is 2.71. The Labute approximate surface area is 184 Å². The highest BCUT2D eigenvalue weighted by Gasteiger charge is 2.19. The van der Waals surface area contributed by atoms with Crippen LogP contribution in [0.25, 0.3) is 0 Å². The van der Waals surface area contributed by atoms with Gasteiger partial charge in [-0.05, 0) is 61.5 Å². The second-order valence-electron chi connectivity index (χ2n) is 6.14. The summed E-state index contributed by atoms with van der Waals surface area (Å²) in [5.41, 5.74) is 0.752. The number of hydrogen-bond acceptors (Lipinski definition) is 4. The smallest absolute Gasteiger partial charge is 0.261 e. The maximum Gasteiger partial charge on any atom is 0.261 e. The van der Waals surface area contributed by atoms with Crippen molar-refractivity contribution in [2.75, 3.05) is 16.6 Å². The first-order valence-electron chi connectivity index (χ1n) is 8.91. The molecule has 0 aliphatic heterocycles. The third-order valence-corrected chi connectivity index (χ3v) is 6.07. The molecule has 30 heavy (non-hydrogen) atoms. The minimum absolute atomic E-state index is 0.00570. The minimum atomic E-state index is -3.95. The van der Waals surface area contributed by atoms with Gasteiger partial charge in [-0.2, -0.15) is 0 Å². The zero-order valence-corrected chi connectivity index (χ0v) is 18.2. The number of amides is 1. The molecule has 0 unspecified atom stereocenters. The van der Waals surface area contributed by atoms with Gasteiger partial charge < -0.3 is 10.1 Å². The summed E-state index contributed by atoms with van der Waals surface area (Å²) >= 11 is 12.2. The molecule has 9 heteroatoms. The number of halogens is 2. The number of carbonyl (C=O) groups excluding carboxylic acids is 1. The second kappa shape index (κ2) is 9.38. The molecule has 0 fully saturated rings. The van der Waals surface area contributed by atoms with Gasteiger partial charge in [-0.3, -0.25) is 9.52 Å². The third-order valence-electron chi connectivity index (χ3n) is 4.03. The van der Waals surface area contributed by atoms with Gasteiger partial charge in [0.05, 0.1) is 32.8 Å². The normalized spacial score (nSPS) is 11.0. The zero-order valence-electron chi connectivity index (χ0n) is 15.9. The molecule has 0 aromatic heterocycles. The molecule has 156 valence electrons. The van der Waals surface area contributed by atoms with Gasteiger partial charge in [0.1, 0.15) is 5.75 Å². The predicted molar refractivity (Wildman–Crippen MR) is 119 cm³/mol. The third kappa shape index (κ3) is 5.24. The molecule has 6 nitrogen and oxygen atoms in total. The summed E-state index contributed by atoms with van der Waals surface area (Å²) in [7, 11) is -3.95. The number of nitrogens with one attached hydrogen (secondary N) is 2. The maximum absolute atomic E-state index is 12.8. The van der Waals surface area contributed by atoms with Crippen LogP contribution in [0.15, 0.2) is 71.6 Å². The molecule has 0 aliphatic rings. The molecular formula is C21H18Cl2N2O4S. The summed E-state index contributed by atoms with van der Waals surface area (Å²) in [6.45, 7) is 2.37. The molecule has 0 bridgehead atoms. The molecule has 0 aliphatic carbocycles. The van der Waals surface area contributed by atoms with Gasteiger partial charge >= 0.3 is 0 Å². The number of para-hydroxylation sites is 1. The first-order chi connectivity index (χ1) is 14.3.